The van der Waals surface area contributed by atoms with Crippen LogP contribution in [0.15, 0.2) is 22.7 Å². The normalized spacial score (nSPS) is 14.1. The van der Waals surface area contributed by atoms with Gasteiger partial charge in [-0.1, -0.05) is 29.8 Å². The molecule has 0 aromatic heterocycles. The first kappa shape index (κ1) is 15.0. The van der Waals surface area contributed by atoms with E-state index in [1.807, 2.05) is 13.0 Å². The highest BCUT2D eigenvalue weighted by atomic mass is 79.9. The molecule has 0 amide bonds. The molecule has 0 aliphatic heterocycles. The molecule has 2 N–H and O–H groups in total. The summed E-state index contributed by atoms with van der Waals surface area (Å²) in [6.45, 7) is 6.64. The zero-order valence-electron chi connectivity index (χ0n) is 11.0. The summed E-state index contributed by atoms with van der Waals surface area (Å²) >= 11 is 3.33. The average Bonchev–Trinajstić information content (AvgIpc) is 2.25. The minimum absolute atomic E-state index is 0.381. The summed E-state index contributed by atoms with van der Waals surface area (Å²) in [6, 6.07) is 7.50. The molecular weight excluding hydrogens is 292 g/mol. The second-order valence-electron chi connectivity index (χ2n) is 5.29. The Balaban J connectivity index is 2.72. The maximum absolute atomic E-state index is 9.04. The summed E-state index contributed by atoms with van der Waals surface area (Å²) in [5, 5.41) is 9.04. The van der Waals surface area contributed by atoms with Gasteiger partial charge in [-0.05, 0) is 37.5 Å². The molecular formula is C14H19BrN2O. The number of benzene rings is 1. The summed E-state index contributed by atoms with van der Waals surface area (Å²) in [7, 11) is 0. The Morgan fingerprint density at radius 3 is 2.72 bits per heavy atom. The van der Waals surface area contributed by atoms with Crippen molar-refractivity contribution in [3.63, 3.8) is 0 Å². The number of nitrogens with zero attached hydrogens (tertiary/aromatic N) is 1. The van der Waals surface area contributed by atoms with E-state index in [4.69, 9.17) is 15.7 Å². The van der Waals surface area contributed by atoms with Crippen molar-refractivity contribution < 1.29 is 4.74 Å². The molecule has 3 nitrogen and oxygen atoms in total. The van der Waals surface area contributed by atoms with Gasteiger partial charge in [-0.25, -0.2) is 0 Å². The van der Waals surface area contributed by atoms with Crippen molar-refractivity contribution in [2.75, 3.05) is 6.61 Å². The summed E-state index contributed by atoms with van der Waals surface area (Å²) in [6.07, 6.45) is 0.880. The third-order valence-electron chi connectivity index (χ3n) is 2.49. The van der Waals surface area contributed by atoms with Crippen LogP contribution in [0, 0.1) is 17.2 Å². The van der Waals surface area contributed by atoms with Gasteiger partial charge in [0, 0.05) is 10.0 Å². The molecule has 0 aliphatic carbocycles. The lowest BCUT2D eigenvalue weighted by atomic mass is 9.93. The molecule has 1 unspecified atom stereocenters. The van der Waals surface area contributed by atoms with Crippen LogP contribution >= 0.6 is 15.9 Å². The Morgan fingerprint density at radius 1 is 1.50 bits per heavy atom. The zero-order chi connectivity index (χ0) is 13.8. The van der Waals surface area contributed by atoms with Crippen LogP contribution in [0.5, 0.6) is 5.75 Å². The molecule has 1 aromatic carbocycles. The fourth-order valence-corrected chi connectivity index (χ4v) is 2.31. The molecule has 0 saturated heterocycles. The van der Waals surface area contributed by atoms with Gasteiger partial charge in [0.25, 0.3) is 0 Å². The van der Waals surface area contributed by atoms with Crippen molar-refractivity contribution in [1.29, 1.82) is 5.26 Å². The van der Waals surface area contributed by atoms with Crippen molar-refractivity contribution >= 4 is 15.9 Å². The Bertz CT molecular complexity index is 450. The van der Waals surface area contributed by atoms with Crippen LogP contribution in [0.1, 0.15) is 32.8 Å². The highest BCUT2D eigenvalue weighted by molar-refractivity contribution is 9.10. The monoisotopic (exact) mass is 310 g/mol. The van der Waals surface area contributed by atoms with Gasteiger partial charge in [-0.3, -0.25) is 0 Å². The second-order valence-corrected chi connectivity index (χ2v) is 6.21. The van der Waals surface area contributed by atoms with Gasteiger partial charge in [0.2, 0.25) is 0 Å². The molecule has 98 valence electrons. The largest absolute Gasteiger partial charge is 0.490 e. The van der Waals surface area contributed by atoms with Gasteiger partial charge in [0.1, 0.15) is 18.4 Å². The second kappa shape index (κ2) is 6.21. The lowest BCUT2D eigenvalue weighted by Gasteiger charge is -2.26. The van der Waals surface area contributed by atoms with Crippen LogP contribution in [0.2, 0.25) is 0 Å². The highest BCUT2D eigenvalue weighted by Crippen LogP contribution is 2.24. The Hall–Kier alpha value is -1.05. The number of nitrogens with two attached hydrogens (primary N) is 1. The number of nitriles is 1. The van der Waals surface area contributed by atoms with Crippen molar-refractivity contribution in [1.82, 2.24) is 0 Å². The van der Waals surface area contributed by atoms with Crippen LogP contribution in [0.25, 0.3) is 0 Å². The highest BCUT2D eigenvalue weighted by Gasteiger charge is 2.21. The van der Waals surface area contributed by atoms with Gasteiger partial charge < -0.3 is 10.5 Å². The minimum Gasteiger partial charge on any atom is -0.490 e. The van der Waals surface area contributed by atoms with Crippen molar-refractivity contribution in [2.45, 2.75) is 32.7 Å². The molecule has 0 radical (unpaired) electrons. The first-order valence-electron chi connectivity index (χ1n) is 5.95. The van der Waals surface area contributed by atoms with Gasteiger partial charge in [-0.2, -0.15) is 5.26 Å². The number of ether oxygens (including phenoxy) is 1. The fraction of sp³-hybridized carbons (Fsp3) is 0.500. The summed E-state index contributed by atoms with van der Waals surface area (Å²) in [5.74, 6) is 1.10. The van der Waals surface area contributed by atoms with E-state index in [2.05, 4.69) is 35.8 Å². The molecule has 1 atom stereocenters. The van der Waals surface area contributed by atoms with E-state index in [9.17, 15) is 0 Å². The molecule has 0 bridgehead atoms. The maximum atomic E-state index is 9.04. The van der Waals surface area contributed by atoms with Gasteiger partial charge in [0.05, 0.1) is 5.56 Å². The molecule has 0 fully saturated rings. The summed E-state index contributed by atoms with van der Waals surface area (Å²) in [4.78, 5) is 0. The smallest absolute Gasteiger partial charge is 0.137 e. The Morgan fingerprint density at radius 2 is 2.17 bits per heavy atom. The lowest BCUT2D eigenvalue weighted by Crippen LogP contribution is -2.43. The van der Waals surface area contributed by atoms with E-state index in [1.165, 1.54) is 0 Å². The number of rotatable bonds is 5. The summed E-state index contributed by atoms with van der Waals surface area (Å²) in [5.41, 5.74) is 6.31. The minimum atomic E-state index is -0.381. The first-order valence-corrected chi connectivity index (χ1v) is 6.75. The zero-order valence-corrected chi connectivity index (χ0v) is 12.6. The van der Waals surface area contributed by atoms with Crippen LogP contribution < -0.4 is 10.5 Å². The number of hydrogen-bond acceptors (Lipinski definition) is 3. The topological polar surface area (TPSA) is 59.0 Å². The predicted octanol–water partition coefficient (Wildman–Crippen LogP) is 3.46. The van der Waals surface area contributed by atoms with Gasteiger partial charge >= 0.3 is 0 Å². The molecule has 0 heterocycles. The van der Waals surface area contributed by atoms with E-state index >= 15 is 0 Å². The number of halogens is 1. The van der Waals surface area contributed by atoms with Gasteiger partial charge in [0.15, 0.2) is 0 Å². The quantitative estimate of drug-likeness (QED) is 0.906. The third kappa shape index (κ3) is 4.67. The molecule has 0 saturated carbocycles. The van der Waals surface area contributed by atoms with Crippen molar-refractivity contribution in [3.8, 4) is 11.8 Å². The van der Waals surface area contributed by atoms with E-state index in [0.717, 1.165) is 10.9 Å². The SMILES string of the molecule is CC(C)CC(C)(N)COc1ccc(Br)cc1C#N. The van der Waals surface area contributed by atoms with Crippen LogP contribution in [0.4, 0.5) is 0 Å². The predicted molar refractivity (Wildman–Crippen MR) is 76.4 cm³/mol. The average molecular weight is 311 g/mol. The molecule has 1 rings (SSSR count). The van der Waals surface area contributed by atoms with Crippen LogP contribution in [0.3, 0.4) is 0 Å². The molecule has 18 heavy (non-hydrogen) atoms. The molecule has 0 aliphatic rings. The van der Waals surface area contributed by atoms with E-state index < -0.39 is 0 Å². The van der Waals surface area contributed by atoms with E-state index in [0.29, 0.717) is 23.8 Å². The third-order valence-corrected chi connectivity index (χ3v) is 2.99. The Kier molecular flexibility index (Phi) is 5.18. The van der Waals surface area contributed by atoms with Crippen molar-refractivity contribution in [3.05, 3.63) is 28.2 Å². The molecule has 0 spiro atoms. The van der Waals surface area contributed by atoms with E-state index in [-0.39, 0.29) is 5.54 Å². The Labute approximate surface area is 117 Å². The standard InChI is InChI=1S/C14H19BrN2O/c1-10(2)7-14(3,17)9-18-13-5-4-12(15)6-11(13)8-16/h4-6,10H,7,9,17H2,1-3H3. The first-order chi connectivity index (χ1) is 8.34. The lowest BCUT2D eigenvalue weighted by molar-refractivity contribution is 0.206. The number of hydrogen-bond donors (Lipinski definition) is 1. The summed E-state index contributed by atoms with van der Waals surface area (Å²) < 4.78 is 6.55. The van der Waals surface area contributed by atoms with Crippen LogP contribution in [-0.4, -0.2) is 12.1 Å². The maximum Gasteiger partial charge on any atom is 0.137 e. The molecule has 4 heteroatoms. The van der Waals surface area contributed by atoms with Crippen LogP contribution in [-0.2, 0) is 0 Å². The van der Waals surface area contributed by atoms with Crippen molar-refractivity contribution in [2.24, 2.45) is 11.7 Å². The fourth-order valence-electron chi connectivity index (χ4n) is 1.95. The molecule has 1 aromatic rings. The van der Waals surface area contributed by atoms with Gasteiger partial charge in [-0.15, -0.1) is 0 Å². The van der Waals surface area contributed by atoms with E-state index in [1.54, 1.807) is 12.1 Å².